The van der Waals surface area contributed by atoms with Crippen molar-refractivity contribution in [2.45, 2.75) is 31.7 Å². The molecule has 1 aliphatic carbocycles. The summed E-state index contributed by atoms with van der Waals surface area (Å²) >= 11 is 0. The van der Waals surface area contributed by atoms with E-state index in [1.807, 2.05) is 6.07 Å². The van der Waals surface area contributed by atoms with Crippen LogP contribution in [-0.2, 0) is 4.79 Å². The van der Waals surface area contributed by atoms with Gasteiger partial charge in [0.15, 0.2) is 0 Å². The Bertz CT molecular complexity index is 430. The van der Waals surface area contributed by atoms with Gasteiger partial charge in [-0.05, 0) is 25.0 Å². The first-order valence-electron chi connectivity index (χ1n) is 6.25. The summed E-state index contributed by atoms with van der Waals surface area (Å²) in [5.74, 6) is -1.84. The van der Waals surface area contributed by atoms with Gasteiger partial charge in [-0.2, -0.15) is 0 Å². The Morgan fingerprint density at radius 2 is 1.78 bits per heavy atom. The van der Waals surface area contributed by atoms with Gasteiger partial charge in [-0.1, -0.05) is 31.0 Å². The van der Waals surface area contributed by atoms with Crippen molar-refractivity contribution in [3.05, 3.63) is 35.9 Å². The lowest BCUT2D eigenvalue weighted by Gasteiger charge is -2.32. The summed E-state index contributed by atoms with van der Waals surface area (Å²) < 4.78 is 0. The molecule has 0 saturated heterocycles. The highest BCUT2D eigenvalue weighted by atomic mass is 16.4. The number of hydrogen-bond acceptors (Lipinski definition) is 3. The van der Waals surface area contributed by atoms with Gasteiger partial charge in [0.2, 0.25) is 0 Å². The van der Waals surface area contributed by atoms with E-state index in [2.05, 4.69) is 5.32 Å². The molecule has 0 aromatic heterocycles. The van der Waals surface area contributed by atoms with Crippen LogP contribution >= 0.6 is 0 Å². The Morgan fingerprint density at radius 1 is 1.11 bits per heavy atom. The molecule has 2 atom stereocenters. The van der Waals surface area contributed by atoms with E-state index in [-0.39, 0.29) is 11.9 Å². The van der Waals surface area contributed by atoms with Gasteiger partial charge in [0.05, 0.1) is 0 Å². The highest BCUT2D eigenvalue weighted by Crippen LogP contribution is 2.24. The van der Waals surface area contributed by atoms with Crippen LogP contribution in [0.1, 0.15) is 36.0 Å². The molecule has 18 heavy (non-hydrogen) atoms. The zero-order valence-electron chi connectivity index (χ0n) is 10.1. The number of carboxylic acids is 1. The van der Waals surface area contributed by atoms with E-state index in [1.165, 1.54) is 0 Å². The minimum atomic E-state index is -1.06. The zero-order valence-corrected chi connectivity index (χ0v) is 10.1. The maximum Gasteiger partial charge on any atom is 0.251 e. The largest absolute Gasteiger partial charge is 0.550 e. The van der Waals surface area contributed by atoms with E-state index in [0.29, 0.717) is 18.4 Å². The number of benzene rings is 1. The summed E-state index contributed by atoms with van der Waals surface area (Å²) in [7, 11) is 0. The third-order valence-corrected chi connectivity index (χ3v) is 3.42. The monoisotopic (exact) mass is 246 g/mol. The molecule has 1 fully saturated rings. The summed E-state index contributed by atoms with van der Waals surface area (Å²) in [6.45, 7) is 0. The molecule has 1 amide bonds. The minimum absolute atomic E-state index is 0.214. The quantitative estimate of drug-likeness (QED) is 0.854. The van der Waals surface area contributed by atoms with E-state index >= 15 is 0 Å². The van der Waals surface area contributed by atoms with Crippen molar-refractivity contribution in [1.29, 1.82) is 0 Å². The van der Waals surface area contributed by atoms with Crippen molar-refractivity contribution in [2.75, 3.05) is 0 Å². The van der Waals surface area contributed by atoms with Crippen LogP contribution in [0.15, 0.2) is 30.3 Å². The lowest BCUT2D eigenvalue weighted by molar-refractivity contribution is -0.313. The first-order chi connectivity index (χ1) is 8.68. The van der Waals surface area contributed by atoms with E-state index in [1.54, 1.807) is 24.3 Å². The third kappa shape index (κ3) is 2.88. The van der Waals surface area contributed by atoms with Crippen molar-refractivity contribution in [1.82, 2.24) is 5.32 Å². The number of amides is 1. The predicted molar refractivity (Wildman–Crippen MR) is 64.7 cm³/mol. The van der Waals surface area contributed by atoms with Crippen LogP contribution in [0.3, 0.4) is 0 Å². The van der Waals surface area contributed by atoms with Crippen LogP contribution in [0.2, 0.25) is 0 Å². The van der Waals surface area contributed by atoms with Gasteiger partial charge in [-0.15, -0.1) is 0 Å². The summed E-state index contributed by atoms with van der Waals surface area (Å²) in [6, 6.07) is 8.52. The average Bonchev–Trinajstić information content (AvgIpc) is 2.40. The molecular weight excluding hydrogens is 230 g/mol. The Balaban J connectivity index is 2.03. The van der Waals surface area contributed by atoms with Gasteiger partial charge in [0, 0.05) is 23.5 Å². The predicted octanol–water partition coefficient (Wildman–Crippen LogP) is 0.725. The van der Waals surface area contributed by atoms with Crippen molar-refractivity contribution in [3.63, 3.8) is 0 Å². The molecule has 1 aromatic carbocycles. The summed E-state index contributed by atoms with van der Waals surface area (Å²) in [5.41, 5.74) is 0.556. The lowest BCUT2D eigenvalue weighted by Crippen LogP contribution is -2.49. The zero-order chi connectivity index (χ0) is 13.0. The molecule has 4 nitrogen and oxygen atoms in total. The second-order valence-electron chi connectivity index (χ2n) is 4.66. The fraction of sp³-hybridized carbons (Fsp3) is 0.429. The van der Waals surface area contributed by atoms with Gasteiger partial charge >= 0.3 is 0 Å². The molecule has 0 radical (unpaired) electrons. The summed E-state index contributed by atoms with van der Waals surface area (Å²) in [4.78, 5) is 23.0. The standard InChI is InChI=1S/C14H17NO3/c16-13(10-6-2-1-3-7-10)15-12-9-5-4-8-11(12)14(17)18/h1-3,6-7,11-12H,4-5,8-9H2,(H,15,16)(H,17,18)/p-1/t11-,12+/m0/s1. The maximum absolute atomic E-state index is 12.0. The molecule has 1 saturated carbocycles. The summed E-state index contributed by atoms with van der Waals surface area (Å²) in [6.07, 6.45) is 3.12. The Labute approximate surface area is 106 Å². The maximum atomic E-state index is 12.0. The normalized spacial score (nSPS) is 23.3. The van der Waals surface area contributed by atoms with E-state index in [9.17, 15) is 14.7 Å². The molecule has 96 valence electrons. The van der Waals surface area contributed by atoms with Crippen LogP contribution in [-0.4, -0.2) is 17.9 Å². The number of hydrogen-bond donors (Lipinski definition) is 1. The Morgan fingerprint density at radius 3 is 2.44 bits per heavy atom. The van der Waals surface area contributed by atoms with Gasteiger partial charge in [0.1, 0.15) is 0 Å². The highest BCUT2D eigenvalue weighted by Gasteiger charge is 2.27. The van der Waals surface area contributed by atoms with Crippen molar-refractivity contribution in [2.24, 2.45) is 5.92 Å². The lowest BCUT2D eigenvalue weighted by atomic mass is 9.84. The smallest absolute Gasteiger partial charge is 0.251 e. The molecule has 0 aliphatic heterocycles. The summed E-state index contributed by atoms with van der Waals surface area (Å²) in [5, 5.41) is 13.8. The molecule has 2 rings (SSSR count). The molecular formula is C14H16NO3-. The fourth-order valence-electron chi connectivity index (χ4n) is 2.43. The number of carboxylic acid groups (broad SMARTS) is 1. The molecule has 0 spiro atoms. The van der Waals surface area contributed by atoms with Crippen molar-refractivity contribution < 1.29 is 14.7 Å². The van der Waals surface area contributed by atoms with Crippen LogP contribution in [0.25, 0.3) is 0 Å². The number of nitrogens with one attached hydrogen (secondary N) is 1. The second kappa shape index (κ2) is 5.67. The first kappa shape index (κ1) is 12.6. The van der Waals surface area contributed by atoms with E-state index < -0.39 is 11.9 Å². The van der Waals surface area contributed by atoms with Crippen molar-refractivity contribution >= 4 is 11.9 Å². The van der Waals surface area contributed by atoms with Crippen LogP contribution < -0.4 is 10.4 Å². The van der Waals surface area contributed by atoms with Crippen LogP contribution in [0, 0.1) is 5.92 Å². The van der Waals surface area contributed by atoms with Crippen LogP contribution in [0.4, 0.5) is 0 Å². The van der Waals surface area contributed by atoms with Gasteiger partial charge < -0.3 is 15.2 Å². The molecule has 0 bridgehead atoms. The fourth-order valence-corrected chi connectivity index (χ4v) is 2.43. The first-order valence-corrected chi connectivity index (χ1v) is 6.25. The topological polar surface area (TPSA) is 69.2 Å². The van der Waals surface area contributed by atoms with E-state index in [4.69, 9.17) is 0 Å². The van der Waals surface area contributed by atoms with Gasteiger partial charge in [-0.3, -0.25) is 4.79 Å². The number of carbonyl (C=O) groups is 2. The number of rotatable bonds is 3. The average molecular weight is 246 g/mol. The number of carbonyl (C=O) groups excluding carboxylic acids is 2. The minimum Gasteiger partial charge on any atom is -0.550 e. The molecule has 1 N–H and O–H groups in total. The Hall–Kier alpha value is -1.84. The Kier molecular flexibility index (Phi) is 3.97. The highest BCUT2D eigenvalue weighted by molar-refractivity contribution is 5.94. The third-order valence-electron chi connectivity index (χ3n) is 3.42. The van der Waals surface area contributed by atoms with Crippen molar-refractivity contribution in [3.8, 4) is 0 Å². The molecule has 1 aliphatic rings. The second-order valence-corrected chi connectivity index (χ2v) is 4.66. The molecule has 0 unspecified atom stereocenters. The van der Waals surface area contributed by atoms with Crippen LogP contribution in [0.5, 0.6) is 0 Å². The number of aliphatic carboxylic acids is 1. The van der Waals surface area contributed by atoms with E-state index in [0.717, 1.165) is 12.8 Å². The molecule has 4 heteroatoms. The SMILES string of the molecule is O=C(N[C@@H]1CCCC[C@@H]1C(=O)[O-])c1ccccc1. The van der Waals surface area contributed by atoms with Gasteiger partial charge in [0.25, 0.3) is 5.91 Å². The molecule has 1 aromatic rings. The molecule has 0 heterocycles. The van der Waals surface area contributed by atoms with Gasteiger partial charge in [-0.25, -0.2) is 0 Å².